The van der Waals surface area contributed by atoms with E-state index in [4.69, 9.17) is 9.16 Å². The normalized spacial score (nSPS) is 22.3. The van der Waals surface area contributed by atoms with Gasteiger partial charge in [0, 0.05) is 25.4 Å². The van der Waals surface area contributed by atoms with Crippen LogP contribution in [0.4, 0.5) is 4.39 Å². The summed E-state index contributed by atoms with van der Waals surface area (Å²) < 4.78 is 27.5. The van der Waals surface area contributed by atoms with Gasteiger partial charge in [-0.05, 0) is 54.4 Å². The number of esters is 1. The van der Waals surface area contributed by atoms with Crippen LogP contribution in [0.15, 0.2) is 72.8 Å². The van der Waals surface area contributed by atoms with E-state index in [1.165, 1.54) is 10.4 Å². The van der Waals surface area contributed by atoms with Gasteiger partial charge >= 0.3 is 5.97 Å². The molecule has 0 radical (unpaired) electrons. The monoisotopic (exact) mass is 540 g/mol. The first-order valence-corrected chi connectivity index (χ1v) is 15.9. The molecule has 0 aromatic heterocycles. The molecule has 4 nitrogen and oxygen atoms in total. The Hall–Kier alpha value is -2.28. The summed E-state index contributed by atoms with van der Waals surface area (Å²) in [4.78, 5) is 11.7. The first kappa shape index (κ1) is 30.3. The van der Waals surface area contributed by atoms with E-state index >= 15 is 4.39 Å². The first-order valence-electron chi connectivity index (χ1n) is 14.0. The summed E-state index contributed by atoms with van der Waals surface area (Å²) in [5.41, 5.74) is 0. The van der Waals surface area contributed by atoms with Gasteiger partial charge in [0.1, 0.15) is 6.17 Å². The number of alkyl halides is 1. The van der Waals surface area contributed by atoms with Crippen LogP contribution in [0.1, 0.15) is 66.7 Å². The number of carbonyl (C=O) groups excluding carboxylic acids is 1. The van der Waals surface area contributed by atoms with Crippen LogP contribution in [0.2, 0.25) is 5.04 Å². The zero-order valence-electron chi connectivity index (χ0n) is 23.6. The Kier molecular flexibility index (Phi) is 10.9. The molecular formula is C32H45FO4Si. The smallest absolute Gasteiger partial charge is 0.306 e. The van der Waals surface area contributed by atoms with Gasteiger partial charge < -0.3 is 14.3 Å². The molecule has 0 saturated heterocycles. The van der Waals surface area contributed by atoms with Crippen molar-refractivity contribution >= 4 is 24.7 Å². The maximum Gasteiger partial charge on any atom is 0.306 e. The van der Waals surface area contributed by atoms with Crippen LogP contribution in [0, 0.1) is 11.8 Å². The van der Waals surface area contributed by atoms with Crippen molar-refractivity contribution in [3.8, 4) is 0 Å². The summed E-state index contributed by atoms with van der Waals surface area (Å²) in [6.45, 7) is 10.6. The van der Waals surface area contributed by atoms with Gasteiger partial charge in [0.05, 0.1) is 12.2 Å². The highest BCUT2D eigenvalue weighted by molar-refractivity contribution is 6.99. The van der Waals surface area contributed by atoms with Crippen molar-refractivity contribution in [3.05, 3.63) is 72.8 Å². The number of unbranched alkanes of at least 4 members (excludes halogenated alkanes) is 1. The maximum atomic E-state index is 15.3. The van der Waals surface area contributed by atoms with E-state index in [0.29, 0.717) is 19.3 Å². The average molecular weight is 541 g/mol. The van der Waals surface area contributed by atoms with Gasteiger partial charge in [0.2, 0.25) is 0 Å². The lowest BCUT2D eigenvalue weighted by atomic mass is 9.91. The van der Waals surface area contributed by atoms with Crippen LogP contribution < -0.4 is 10.4 Å². The SMILES string of the molecule is CC(C)OC(=O)CCCC=CC[C@@H]1[C@@H](CO[Si](c2ccccc2)(c2ccccc2)C(C)(C)C)[C@@H](F)C[C@H]1O. The van der Waals surface area contributed by atoms with E-state index in [-0.39, 0.29) is 42.0 Å². The summed E-state index contributed by atoms with van der Waals surface area (Å²) >= 11 is 0. The second-order valence-electron chi connectivity index (χ2n) is 11.8. The van der Waals surface area contributed by atoms with Crippen LogP contribution in [0.25, 0.3) is 0 Å². The number of aliphatic hydroxyl groups excluding tert-OH is 1. The van der Waals surface area contributed by atoms with Crippen molar-refractivity contribution in [1.29, 1.82) is 0 Å². The molecule has 3 rings (SSSR count). The summed E-state index contributed by atoms with van der Waals surface area (Å²) in [6, 6.07) is 20.7. The molecule has 4 atom stereocenters. The second kappa shape index (κ2) is 13.7. The lowest BCUT2D eigenvalue weighted by Gasteiger charge is -2.44. The van der Waals surface area contributed by atoms with Crippen LogP contribution in [-0.2, 0) is 14.0 Å². The lowest BCUT2D eigenvalue weighted by molar-refractivity contribution is -0.147. The Bertz CT molecular complexity index is 979. The summed E-state index contributed by atoms with van der Waals surface area (Å²) in [5.74, 6) is -0.761. The topological polar surface area (TPSA) is 55.8 Å². The number of hydrogen-bond acceptors (Lipinski definition) is 4. The third kappa shape index (κ3) is 7.43. The van der Waals surface area contributed by atoms with Crippen LogP contribution in [0.5, 0.6) is 0 Å². The molecule has 0 amide bonds. The lowest BCUT2D eigenvalue weighted by Crippen LogP contribution is -2.67. The number of ether oxygens (including phenoxy) is 1. The van der Waals surface area contributed by atoms with E-state index in [9.17, 15) is 9.90 Å². The molecule has 1 aliphatic rings. The standard InChI is InChI=1S/C32H45FO4Si/c1-24(2)37-31(35)21-15-7-6-14-20-27-28(29(33)22-30(27)34)23-36-38(32(3,4)5,25-16-10-8-11-17-25)26-18-12-9-13-19-26/h6,8-14,16-19,24,27-30,34H,7,15,20-23H2,1-5H3/t27-,28-,29+,30-/m1/s1. The largest absolute Gasteiger partial charge is 0.463 e. The van der Waals surface area contributed by atoms with Crippen LogP contribution in [0.3, 0.4) is 0 Å². The van der Waals surface area contributed by atoms with E-state index in [1.807, 2.05) is 62.4 Å². The molecule has 38 heavy (non-hydrogen) atoms. The van der Waals surface area contributed by atoms with Gasteiger partial charge in [-0.25, -0.2) is 4.39 Å². The van der Waals surface area contributed by atoms with E-state index in [2.05, 4.69) is 45.0 Å². The third-order valence-corrected chi connectivity index (χ3v) is 12.6. The van der Waals surface area contributed by atoms with E-state index < -0.39 is 20.6 Å². The van der Waals surface area contributed by atoms with Gasteiger partial charge in [0.15, 0.2) is 0 Å². The van der Waals surface area contributed by atoms with Crippen molar-refractivity contribution in [2.24, 2.45) is 11.8 Å². The molecule has 2 aromatic rings. The van der Waals surface area contributed by atoms with E-state index in [0.717, 1.165) is 6.42 Å². The van der Waals surface area contributed by atoms with Gasteiger partial charge in [-0.1, -0.05) is 93.6 Å². The Balaban J connectivity index is 1.74. The zero-order chi connectivity index (χ0) is 27.8. The maximum absolute atomic E-state index is 15.3. The Morgan fingerprint density at radius 2 is 1.61 bits per heavy atom. The predicted molar refractivity (Wildman–Crippen MR) is 155 cm³/mol. The summed E-state index contributed by atoms with van der Waals surface area (Å²) in [7, 11) is -2.78. The number of rotatable bonds is 12. The summed E-state index contributed by atoms with van der Waals surface area (Å²) in [5, 5.41) is 12.9. The summed E-state index contributed by atoms with van der Waals surface area (Å²) in [6.07, 6.45) is 4.74. The molecular weight excluding hydrogens is 495 g/mol. The Morgan fingerprint density at radius 3 is 2.13 bits per heavy atom. The van der Waals surface area contributed by atoms with Gasteiger partial charge in [-0.2, -0.15) is 0 Å². The number of hydrogen-bond donors (Lipinski definition) is 1. The Morgan fingerprint density at radius 1 is 1.03 bits per heavy atom. The number of aliphatic hydroxyl groups is 1. The fourth-order valence-electron chi connectivity index (χ4n) is 5.73. The molecule has 1 saturated carbocycles. The predicted octanol–water partition coefficient (Wildman–Crippen LogP) is 5.97. The number of allylic oxidation sites excluding steroid dienone is 2. The van der Waals surface area contributed by atoms with Crippen molar-refractivity contribution in [2.45, 2.75) is 90.1 Å². The molecule has 1 aliphatic carbocycles. The molecule has 0 aliphatic heterocycles. The Labute approximate surface area is 229 Å². The fraction of sp³-hybridized carbons (Fsp3) is 0.531. The molecule has 1 fully saturated rings. The van der Waals surface area contributed by atoms with Crippen molar-refractivity contribution in [1.82, 2.24) is 0 Å². The van der Waals surface area contributed by atoms with E-state index in [1.54, 1.807) is 0 Å². The minimum absolute atomic E-state index is 0.0986. The molecule has 0 heterocycles. The van der Waals surface area contributed by atoms with Gasteiger partial charge in [-0.3, -0.25) is 4.79 Å². The fourth-order valence-corrected chi connectivity index (χ4v) is 10.3. The molecule has 2 aromatic carbocycles. The third-order valence-electron chi connectivity index (χ3n) is 7.58. The molecule has 0 bridgehead atoms. The van der Waals surface area contributed by atoms with Crippen molar-refractivity contribution < 1.29 is 23.5 Å². The molecule has 6 heteroatoms. The average Bonchev–Trinajstić information content (AvgIpc) is 3.13. The first-order chi connectivity index (χ1) is 18.1. The highest BCUT2D eigenvalue weighted by Crippen LogP contribution is 2.41. The molecule has 0 unspecified atom stereocenters. The molecule has 208 valence electrons. The molecule has 0 spiro atoms. The molecule has 1 N–H and O–H groups in total. The van der Waals surface area contributed by atoms with Crippen molar-refractivity contribution in [2.75, 3.05) is 6.61 Å². The van der Waals surface area contributed by atoms with Gasteiger partial charge in [0.25, 0.3) is 8.32 Å². The van der Waals surface area contributed by atoms with Crippen molar-refractivity contribution in [3.63, 3.8) is 0 Å². The number of halogens is 1. The minimum Gasteiger partial charge on any atom is -0.463 e. The number of benzene rings is 2. The number of carbonyl (C=O) groups is 1. The second-order valence-corrected chi connectivity index (χ2v) is 16.1. The quantitative estimate of drug-likeness (QED) is 0.156. The highest BCUT2D eigenvalue weighted by atomic mass is 28.4. The zero-order valence-corrected chi connectivity index (χ0v) is 24.6. The minimum atomic E-state index is -2.78. The van der Waals surface area contributed by atoms with Crippen LogP contribution in [-0.4, -0.2) is 44.4 Å². The van der Waals surface area contributed by atoms with Gasteiger partial charge in [-0.15, -0.1) is 0 Å². The van der Waals surface area contributed by atoms with Crippen LogP contribution >= 0.6 is 0 Å². The highest BCUT2D eigenvalue weighted by Gasteiger charge is 2.52.